The second kappa shape index (κ2) is 11.1. The smallest absolute Gasteiger partial charge is 0.479 e. The van der Waals surface area contributed by atoms with Crippen molar-refractivity contribution in [2.24, 2.45) is 0 Å². The molecule has 3 unspecified atom stereocenters. The van der Waals surface area contributed by atoms with Crippen molar-refractivity contribution in [3.05, 3.63) is 33.1 Å². The highest BCUT2D eigenvalue weighted by atomic mass is 31.3. The van der Waals surface area contributed by atoms with Crippen LogP contribution in [0.15, 0.2) is 21.9 Å². The number of aromatic amines is 1. The third kappa shape index (κ3) is 6.77. The summed E-state index contributed by atoms with van der Waals surface area (Å²) in [5, 5.41) is 58.3. The Kier molecular flexibility index (Phi) is 8.89. The van der Waals surface area contributed by atoms with Gasteiger partial charge in [-0.05, 0) is 0 Å². The second-order valence-electron chi connectivity index (χ2n) is 7.72. The first kappa shape index (κ1) is 29.7. The van der Waals surface area contributed by atoms with E-state index in [0.29, 0.717) is 4.57 Å². The van der Waals surface area contributed by atoms with Crippen molar-refractivity contribution in [1.82, 2.24) is 9.55 Å². The molecule has 3 heterocycles. The number of carboxylic acids is 1. The van der Waals surface area contributed by atoms with Gasteiger partial charge in [0.25, 0.3) is 5.56 Å². The lowest BCUT2D eigenvalue weighted by atomic mass is 9.99. The second-order valence-corrected chi connectivity index (χ2v) is 10.7. The van der Waals surface area contributed by atoms with Crippen molar-refractivity contribution in [1.29, 1.82) is 0 Å². The van der Waals surface area contributed by atoms with Crippen LogP contribution >= 0.6 is 15.6 Å². The molecule has 2 aliphatic rings. The third-order valence-corrected chi connectivity index (χ3v) is 7.72. The Morgan fingerprint density at radius 1 is 0.973 bits per heavy atom. The van der Waals surface area contributed by atoms with E-state index in [9.17, 15) is 58.8 Å². The molecule has 2 fully saturated rings. The van der Waals surface area contributed by atoms with E-state index in [2.05, 4.69) is 18.1 Å². The lowest BCUT2D eigenvalue weighted by Crippen LogP contribution is -2.60. The molecular formula is C15H22N2O18P2. The average molecular weight is 580 g/mol. The predicted octanol–water partition coefficient (Wildman–Crippen LogP) is -4.70. The van der Waals surface area contributed by atoms with Gasteiger partial charge >= 0.3 is 27.3 Å². The topological polar surface area (TPSA) is 314 Å². The zero-order valence-corrected chi connectivity index (χ0v) is 19.8. The molecule has 37 heavy (non-hydrogen) atoms. The maximum atomic E-state index is 12.2. The highest BCUT2D eigenvalue weighted by Crippen LogP contribution is 2.61. The van der Waals surface area contributed by atoms with Gasteiger partial charge in [-0.2, -0.15) is 4.31 Å². The van der Waals surface area contributed by atoms with Crippen molar-refractivity contribution in [3.63, 3.8) is 0 Å². The number of aliphatic hydroxyl groups is 5. The van der Waals surface area contributed by atoms with Crippen LogP contribution in [0.3, 0.4) is 0 Å². The fourth-order valence-electron chi connectivity index (χ4n) is 3.34. The number of nitrogens with zero attached hydrogens (tertiary/aromatic N) is 1. The van der Waals surface area contributed by atoms with Crippen LogP contribution in [0.4, 0.5) is 0 Å². The molecule has 11 atom stereocenters. The number of H-pyrrole nitrogens is 1. The highest BCUT2D eigenvalue weighted by molar-refractivity contribution is 7.61. The van der Waals surface area contributed by atoms with Gasteiger partial charge in [-0.15, -0.1) is 0 Å². The van der Waals surface area contributed by atoms with E-state index in [1.54, 1.807) is 0 Å². The molecule has 210 valence electrons. The highest BCUT2D eigenvalue weighted by Gasteiger charge is 2.51. The number of phosphoric ester groups is 2. The van der Waals surface area contributed by atoms with E-state index in [1.807, 2.05) is 4.98 Å². The minimum atomic E-state index is -5.72. The number of aliphatic hydroxyl groups excluding tert-OH is 5. The molecule has 0 amide bonds. The van der Waals surface area contributed by atoms with Crippen LogP contribution in [-0.2, 0) is 36.8 Å². The lowest BCUT2D eigenvalue weighted by molar-refractivity contribution is -0.274. The van der Waals surface area contributed by atoms with Crippen molar-refractivity contribution in [3.8, 4) is 0 Å². The number of phosphoric acid groups is 2. The van der Waals surface area contributed by atoms with Gasteiger partial charge in [0, 0.05) is 12.3 Å². The summed E-state index contributed by atoms with van der Waals surface area (Å²) in [4.78, 5) is 55.5. The molecule has 0 spiro atoms. The summed E-state index contributed by atoms with van der Waals surface area (Å²) in [5.74, 6) is -1.85. The molecule has 9 N–H and O–H groups in total. The fourth-order valence-corrected chi connectivity index (χ4v) is 5.49. The lowest BCUT2D eigenvalue weighted by Gasteiger charge is -2.38. The van der Waals surface area contributed by atoms with E-state index >= 15 is 0 Å². The van der Waals surface area contributed by atoms with Crippen molar-refractivity contribution in [2.75, 3.05) is 6.61 Å². The molecule has 2 aliphatic heterocycles. The molecule has 0 aliphatic carbocycles. The number of carboxylic acid groups (broad SMARTS) is 1. The number of aromatic nitrogens is 2. The summed E-state index contributed by atoms with van der Waals surface area (Å²) >= 11 is 0. The van der Waals surface area contributed by atoms with Gasteiger partial charge in [-0.25, -0.2) is 18.7 Å². The Labute approximate surface area is 204 Å². The molecular weight excluding hydrogens is 558 g/mol. The Balaban J connectivity index is 1.63. The summed E-state index contributed by atoms with van der Waals surface area (Å²) < 4.78 is 47.6. The molecule has 0 radical (unpaired) electrons. The molecule has 0 aromatic carbocycles. The SMILES string of the molecule is O=C(O)[C@H]1OC(OP(=O)(O)OP(=O)(O)OC[C@H]2O[C@@H](n3ccc(=O)[nH]c3=O)[C@H](O)[C@@H]2O)[C@@H](O)[C@H](O)[C@H]1O. The molecule has 2 saturated heterocycles. The average Bonchev–Trinajstić information content (AvgIpc) is 3.05. The van der Waals surface area contributed by atoms with Crippen LogP contribution in [-0.4, -0.2) is 112 Å². The number of aliphatic carboxylic acids is 1. The monoisotopic (exact) mass is 580 g/mol. The van der Waals surface area contributed by atoms with Gasteiger partial charge in [0.2, 0.25) is 0 Å². The first-order valence-corrected chi connectivity index (χ1v) is 13.0. The van der Waals surface area contributed by atoms with E-state index in [1.165, 1.54) is 0 Å². The normalized spacial score (nSPS) is 37.5. The van der Waals surface area contributed by atoms with Gasteiger partial charge in [0.1, 0.15) is 36.6 Å². The van der Waals surface area contributed by atoms with E-state index in [0.717, 1.165) is 12.3 Å². The van der Waals surface area contributed by atoms with Gasteiger partial charge in [0.15, 0.2) is 18.6 Å². The van der Waals surface area contributed by atoms with Crippen LogP contribution in [0.5, 0.6) is 0 Å². The maximum Gasteiger partial charge on any atom is 0.483 e. The predicted molar refractivity (Wildman–Crippen MR) is 109 cm³/mol. The van der Waals surface area contributed by atoms with Crippen LogP contribution in [0.2, 0.25) is 0 Å². The van der Waals surface area contributed by atoms with E-state index in [-0.39, 0.29) is 0 Å². The molecule has 22 heteroatoms. The number of hydrogen-bond donors (Lipinski definition) is 9. The molecule has 0 saturated carbocycles. The fraction of sp³-hybridized carbons (Fsp3) is 0.667. The third-order valence-electron chi connectivity index (χ3n) is 5.12. The zero-order valence-electron chi connectivity index (χ0n) is 18.1. The quantitative estimate of drug-likeness (QED) is 0.124. The van der Waals surface area contributed by atoms with Crippen LogP contribution in [0.1, 0.15) is 6.23 Å². The van der Waals surface area contributed by atoms with Crippen molar-refractivity contribution in [2.45, 2.75) is 55.2 Å². The van der Waals surface area contributed by atoms with Gasteiger partial charge in [-0.1, -0.05) is 0 Å². The first-order chi connectivity index (χ1) is 17.0. The van der Waals surface area contributed by atoms with Gasteiger partial charge in [-0.3, -0.25) is 23.4 Å². The van der Waals surface area contributed by atoms with Gasteiger partial charge in [0.05, 0.1) is 6.61 Å². The largest absolute Gasteiger partial charge is 0.483 e. The number of carbonyl (C=O) groups is 1. The van der Waals surface area contributed by atoms with Crippen molar-refractivity contribution < 1.29 is 77.2 Å². The Hall–Kier alpha value is -1.87. The summed E-state index contributed by atoms with van der Waals surface area (Å²) in [5.41, 5.74) is -1.78. The Bertz CT molecular complexity index is 1200. The zero-order chi connectivity index (χ0) is 27.9. The van der Waals surface area contributed by atoms with Crippen LogP contribution in [0.25, 0.3) is 0 Å². The molecule has 3 rings (SSSR count). The standard InChI is InChI=1S/C15H22N2O18P2/c18-5-1-2-17(15(26)16-5)12-9(22)6(19)4(32-12)3-31-36(27,28)35-37(29,30)34-14-10(23)7(20)8(21)11(33-14)13(24)25/h1-2,4,6-12,14,19-23H,3H2,(H,24,25)(H,27,28)(H,29,30)(H,16,18,26)/t4-,6-,7-,8-,9-,10+,11+,12-,14?/m1/s1. The Morgan fingerprint density at radius 2 is 1.62 bits per heavy atom. The summed E-state index contributed by atoms with van der Waals surface area (Å²) in [6.45, 7) is -1.07. The molecule has 20 nitrogen and oxygen atoms in total. The molecule has 0 bridgehead atoms. The minimum Gasteiger partial charge on any atom is -0.479 e. The summed E-state index contributed by atoms with van der Waals surface area (Å²) in [6, 6.07) is 0.910. The number of nitrogens with one attached hydrogen (secondary N) is 1. The number of rotatable bonds is 9. The molecule has 1 aromatic rings. The van der Waals surface area contributed by atoms with E-state index in [4.69, 9.17) is 9.84 Å². The van der Waals surface area contributed by atoms with Crippen LogP contribution in [0, 0.1) is 0 Å². The van der Waals surface area contributed by atoms with Crippen LogP contribution < -0.4 is 11.2 Å². The minimum absolute atomic E-state index is 0.700. The maximum absolute atomic E-state index is 12.2. The Morgan fingerprint density at radius 3 is 2.22 bits per heavy atom. The number of hydrogen-bond acceptors (Lipinski definition) is 15. The summed E-state index contributed by atoms with van der Waals surface area (Å²) in [6.07, 6.45) is -17.2. The van der Waals surface area contributed by atoms with E-state index < -0.39 is 94.7 Å². The number of ether oxygens (including phenoxy) is 2. The van der Waals surface area contributed by atoms with Gasteiger partial charge < -0.3 is 49.9 Å². The molecule has 1 aromatic heterocycles. The summed E-state index contributed by atoms with van der Waals surface area (Å²) in [7, 11) is -11.3. The van der Waals surface area contributed by atoms with Crippen molar-refractivity contribution >= 4 is 21.6 Å². The first-order valence-electron chi connectivity index (χ1n) is 9.98.